The summed E-state index contributed by atoms with van der Waals surface area (Å²) >= 11 is 3.41. The van der Waals surface area contributed by atoms with Gasteiger partial charge in [0.2, 0.25) is 11.8 Å². The van der Waals surface area contributed by atoms with Gasteiger partial charge in [-0.25, -0.2) is 4.98 Å². The van der Waals surface area contributed by atoms with E-state index < -0.39 is 0 Å². The molecule has 0 saturated heterocycles. The van der Waals surface area contributed by atoms with Crippen molar-refractivity contribution >= 4 is 21.9 Å². The van der Waals surface area contributed by atoms with Gasteiger partial charge >= 0.3 is 0 Å². The molecule has 1 heterocycles. The van der Waals surface area contributed by atoms with Gasteiger partial charge in [-0.15, -0.1) is 0 Å². The minimum Gasteiger partial charge on any atom is -0.475 e. The number of halogens is 1. The Morgan fingerprint density at radius 3 is 2.68 bits per heavy atom. The van der Waals surface area contributed by atoms with Crippen LogP contribution >= 0.6 is 15.9 Å². The molecule has 0 fully saturated rings. The molecule has 19 heavy (non-hydrogen) atoms. The molecule has 0 saturated carbocycles. The van der Waals surface area contributed by atoms with E-state index in [-0.39, 0.29) is 5.54 Å². The van der Waals surface area contributed by atoms with Crippen LogP contribution in [0.25, 0.3) is 0 Å². The predicted molar refractivity (Wildman–Crippen MR) is 81.8 cm³/mol. The minimum atomic E-state index is -0.0542. The second-order valence-corrected chi connectivity index (χ2v) is 6.12. The number of nitrogens with zero attached hydrogens (tertiary/aromatic N) is 3. The number of ether oxygens (including phenoxy) is 1. The molecular weight excluding hydrogens is 308 g/mol. The smallest absolute Gasteiger partial charge is 0.232 e. The first-order valence-corrected chi connectivity index (χ1v) is 7.22. The van der Waals surface area contributed by atoms with Crippen molar-refractivity contribution in [1.29, 1.82) is 0 Å². The van der Waals surface area contributed by atoms with Gasteiger partial charge in [0, 0.05) is 12.1 Å². The van der Waals surface area contributed by atoms with Gasteiger partial charge in [-0.2, -0.15) is 4.98 Å². The van der Waals surface area contributed by atoms with Crippen molar-refractivity contribution < 1.29 is 4.74 Å². The maximum atomic E-state index is 5.80. The fourth-order valence-corrected chi connectivity index (χ4v) is 1.45. The molecule has 0 amide bonds. The first-order valence-electron chi connectivity index (χ1n) is 6.43. The van der Waals surface area contributed by atoms with E-state index in [0.717, 1.165) is 17.4 Å². The van der Waals surface area contributed by atoms with Crippen LogP contribution in [0, 0.1) is 0 Å². The Kier molecular flexibility index (Phi) is 6.00. The van der Waals surface area contributed by atoms with Gasteiger partial charge in [0.25, 0.3) is 0 Å². The molecule has 6 heteroatoms. The maximum Gasteiger partial charge on any atom is 0.232 e. The molecule has 0 atom stereocenters. The lowest BCUT2D eigenvalue weighted by Crippen LogP contribution is -2.43. The van der Waals surface area contributed by atoms with Crippen molar-refractivity contribution in [1.82, 2.24) is 14.9 Å². The van der Waals surface area contributed by atoms with Gasteiger partial charge in [0.05, 0.1) is 10.7 Å². The van der Waals surface area contributed by atoms with Gasteiger partial charge in [0.15, 0.2) is 0 Å². The lowest BCUT2D eigenvalue weighted by molar-refractivity contribution is 0.110. The van der Waals surface area contributed by atoms with Gasteiger partial charge < -0.3 is 15.0 Å². The molecule has 0 aliphatic rings. The Labute approximate surface area is 123 Å². The van der Waals surface area contributed by atoms with Gasteiger partial charge in [-0.3, -0.25) is 0 Å². The number of hydrogen-bond acceptors (Lipinski definition) is 5. The van der Waals surface area contributed by atoms with E-state index in [0.29, 0.717) is 18.4 Å². The molecule has 108 valence electrons. The van der Waals surface area contributed by atoms with E-state index in [4.69, 9.17) is 4.74 Å². The summed E-state index contributed by atoms with van der Waals surface area (Å²) in [4.78, 5) is 10.7. The zero-order chi connectivity index (χ0) is 14.5. The van der Waals surface area contributed by atoms with Gasteiger partial charge in [-0.1, -0.05) is 6.92 Å². The zero-order valence-electron chi connectivity index (χ0n) is 12.3. The van der Waals surface area contributed by atoms with E-state index in [9.17, 15) is 0 Å². The van der Waals surface area contributed by atoms with E-state index in [1.165, 1.54) is 0 Å². The molecular formula is C13H23BrN4O. The van der Waals surface area contributed by atoms with Gasteiger partial charge in [-0.05, 0) is 50.3 Å². The molecule has 0 spiro atoms. The largest absolute Gasteiger partial charge is 0.475 e. The minimum absolute atomic E-state index is 0.0542. The van der Waals surface area contributed by atoms with Crippen LogP contribution in [0.3, 0.4) is 0 Å². The monoisotopic (exact) mass is 330 g/mol. The summed E-state index contributed by atoms with van der Waals surface area (Å²) in [7, 11) is 4.07. The molecule has 0 aromatic carbocycles. The normalized spacial score (nSPS) is 11.7. The summed E-state index contributed by atoms with van der Waals surface area (Å²) in [5, 5.41) is 3.15. The highest BCUT2D eigenvalue weighted by molar-refractivity contribution is 9.10. The van der Waals surface area contributed by atoms with Crippen LogP contribution < -0.4 is 10.1 Å². The van der Waals surface area contributed by atoms with Crippen LogP contribution in [-0.4, -0.2) is 47.7 Å². The summed E-state index contributed by atoms with van der Waals surface area (Å²) in [5.41, 5.74) is -0.0542. The second-order valence-electron chi connectivity index (χ2n) is 5.27. The fraction of sp³-hybridized carbons (Fsp3) is 0.692. The van der Waals surface area contributed by atoms with Crippen molar-refractivity contribution in [3.63, 3.8) is 0 Å². The summed E-state index contributed by atoms with van der Waals surface area (Å²) in [6.07, 6.45) is 2.74. The highest BCUT2D eigenvalue weighted by atomic mass is 79.9. The molecule has 5 nitrogen and oxygen atoms in total. The first kappa shape index (κ1) is 16.2. The van der Waals surface area contributed by atoms with Crippen molar-refractivity contribution in [2.45, 2.75) is 32.7 Å². The summed E-state index contributed by atoms with van der Waals surface area (Å²) in [6, 6.07) is 0. The molecule has 0 bridgehead atoms. The highest BCUT2D eigenvalue weighted by Gasteiger charge is 2.22. The molecule has 0 aliphatic heterocycles. The van der Waals surface area contributed by atoms with Crippen molar-refractivity contribution in [2.24, 2.45) is 0 Å². The average molecular weight is 331 g/mol. The van der Waals surface area contributed by atoms with Crippen LogP contribution in [0.15, 0.2) is 10.7 Å². The van der Waals surface area contributed by atoms with Crippen LogP contribution in [0.4, 0.5) is 5.95 Å². The van der Waals surface area contributed by atoms with Crippen molar-refractivity contribution in [3.8, 4) is 5.88 Å². The third-order valence-corrected chi connectivity index (χ3v) is 3.56. The van der Waals surface area contributed by atoms with Crippen molar-refractivity contribution in [2.75, 3.05) is 32.6 Å². The number of rotatable bonds is 7. The standard InChI is InChI=1S/C13H23BrN4O/c1-6-7-15-12-16-8-10(14)11(17-12)19-9-13(2,3)18(4)5/h8H,6-7,9H2,1-5H3,(H,15,16,17). The lowest BCUT2D eigenvalue weighted by atomic mass is 10.1. The van der Waals surface area contributed by atoms with E-state index >= 15 is 0 Å². The van der Waals surface area contributed by atoms with Gasteiger partial charge in [0.1, 0.15) is 6.61 Å². The van der Waals surface area contributed by atoms with Crippen LogP contribution in [0.2, 0.25) is 0 Å². The molecule has 1 aromatic heterocycles. The third-order valence-electron chi connectivity index (χ3n) is 3.02. The Morgan fingerprint density at radius 1 is 1.42 bits per heavy atom. The van der Waals surface area contributed by atoms with Crippen LogP contribution in [0.5, 0.6) is 5.88 Å². The molecule has 1 rings (SSSR count). The van der Waals surface area contributed by atoms with Crippen molar-refractivity contribution in [3.05, 3.63) is 10.7 Å². The van der Waals surface area contributed by atoms with E-state index in [1.807, 2.05) is 14.1 Å². The first-order chi connectivity index (χ1) is 8.86. The maximum absolute atomic E-state index is 5.80. The van der Waals surface area contributed by atoms with Crippen LogP contribution in [-0.2, 0) is 0 Å². The molecule has 0 unspecified atom stereocenters. The SMILES string of the molecule is CCCNc1ncc(Br)c(OCC(C)(C)N(C)C)n1. The Bertz CT molecular complexity index is 410. The number of anilines is 1. The molecule has 1 aromatic rings. The number of nitrogens with one attached hydrogen (secondary N) is 1. The highest BCUT2D eigenvalue weighted by Crippen LogP contribution is 2.24. The predicted octanol–water partition coefficient (Wildman–Crippen LogP) is 2.78. The quantitative estimate of drug-likeness (QED) is 0.833. The van der Waals surface area contributed by atoms with E-state index in [2.05, 4.69) is 56.9 Å². The number of likely N-dealkylation sites (N-methyl/N-ethyl adjacent to an activating group) is 1. The zero-order valence-corrected chi connectivity index (χ0v) is 13.9. The third kappa shape index (κ3) is 4.95. The van der Waals surface area contributed by atoms with E-state index in [1.54, 1.807) is 6.20 Å². The lowest BCUT2D eigenvalue weighted by Gasteiger charge is -2.32. The summed E-state index contributed by atoms with van der Waals surface area (Å²) in [5.74, 6) is 1.17. The number of aromatic nitrogens is 2. The Morgan fingerprint density at radius 2 is 2.11 bits per heavy atom. The average Bonchev–Trinajstić information content (AvgIpc) is 2.36. The summed E-state index contributed by atoms with van der Waals surface area (Å²) in [6.45, 7) is 7.76. The Balaban J connectivity index is 2.71. The Hall–Kier alpha value is -0.880. The fourth-order valence-electron chi connectivity index (χ4n) is 1.15. The number of hydrogen-bond donors (Lipinski definition) is 1. The van der Waals surface area contributed by atoms with Crippen LogP contribution in [0.1, 0.15) is 27.2 Å². The molecule has 1 N–H and O–H groups in total. The topological polar surface area (TPSA) is 50.3 Å². The summed E-state index contributed by atoms with van der Waals surface area (Å²) < 4.78 is 6.57. The molecule has 0 radical (unpaired) electrons. The second kappa shape index (κ2) is 7.05. The molecule has 0 aliphatic carbocycles.